The maximum absolute atomic E-state index is 5.63. The van der Waals surface area contributed by atoms with Crippen LogP contribution in [0.25, 0.3) is 11.5 Å². The highest BCUT2D eigenvalue weighted by Gasteiger charge is 2.08. The summed E-state index contributed by atoms with van der Waals surface area (Å²) in [4.78, 5) is 9.23. The number of oxazole rings is 1. The number of hydrogen-bond donors (Lipinski definition) is 2. The number of halogens is 1. The first kappa shape index (κ1) is 23.7. The third kappa shape index (κ3) is 6.48. The van der Waals surface area contributed by atoms with Crippen LogP contribution in [0.4, 0.5) is 0 Å². The van der Waals surface area contributed by atoms with Crippen molar-refractivity contribution in [2.75, 3.05) is 13.7 Å². The van der Waals surface area contributed by atoms with Crippen LogP contribution in [-0.2, 0) is 13.1 Å². The molecule has 0 spiro atoms. The fourth-order valence-corrected chi connectivity index (χ4v) is 2.88. The average molecular weight is 520 g/mol. The standard InChI is InChI=1S/C23H28N4O2.HI/c1-5-24-23(25-13-19-11-8-17(3)12-21(19)28-4)26-14-20-15-29-22(27-20)18-9-6-16(2)7-10-18;/h6-12,15H,5,13-14H2,1-4H3,(H2,24,25,26);1H. The summed E-state index contributed by atoms with van der Waals surface area (Å²) in [7, 11) is 1.68. The topological polar surface area (TPSA) is 71.7 Å². The molecule has 0 bridgehead atoms. The van der Waals surface area contributed by atoms with Crippen molar-refractivity contribution in [1.82, 2.24) is 15.6 Å². The molecule has 30 heavy (non-hydrogen) atoms. The lowest BCUT2D eigenvalue weighted by Crippen LogP contribution is -2.36. The Bertz CT molecular complexity index is 968. The summed E-state index contributed by atoms with van der Waals surface area (Å²) in [6.45, 7) is 7.95. The molecule has 1 heterocycles. The Labute approximate surface area is 195 Å². The predicted molar refractivity (Wildman–Crippen MR) is 131 cm³/mol. The first-order valence-electron chi connectivity index (χ1n) is 9.76. The molecule has 7 heteroatoms. The number of aliphatic imine (C=N–C) groups is 1. The second-order valence-electron chi connectivity index (χ2n) is 6.87. The predicted octanol–water partition coefficient (Wildman–Crippen LogP) is 4.84. The van der Waals surface area contributed by atoms with E-state index in [1.54, 1.807) is 13.4 Å². The van der Waals surface area contributed by atoms with Crippen LogP contribution in [0.2, 0.25) is 0 Å². The summed E-state index contributed by atoms with van der Waals surface area (Å²) in [5, 5.41) is 6.56. The Morgan fingerprint density at radius 1 is 1.07 bits per heavy atom. The fourth-order valence-electron chi connectivity index (χ4n) is 2.88. The van der Waals surface area contributed by atoms with Crippen molar-refractivity contribution in [2.24, 2.45) is 4.99 Å². The quantitative estimate of drug-likeness (QED) is 0.265. The van der Waals surface area contributed by atoms with Gasteiger partial charge in [-0.3, -0.25) is 0 Å². The molecule has 2 N–H and O–H groups in total. The van der Waals surface area contributed by atoms with Gasteiger partial charge < -0.3 is 19.8 Å². The molecule has 0 amide bonds. The van der Waals surface area contributed by atoms with Gasteiger partial charge in [-0.05, 0) is 44.5 Å². The SMILES string of the molecule is CCNC(=NCc1ccc(C)cc1OC)NCc1coc(-c2ccc(C)cc2)n1.I. The molecule has 6 nitrogen and oxygen atoms in total. The first-order valence-corrected chi connectivity index (χ1v) is 9.76. The van der Waals surface area contributed by atoms with Crippen LogP contribution in [0.15, 0.2) is 58.1 Å². The minimum Gasteiger partial charge on any atom is -0.496 e. The van der Waals surface area contributed by atoms with Crippen LogP contribution in [0, 0.1) is 13.8 Å². The van der Waals surface area contributed by atoms with E-state index in [0.717, 1.165) is 40.6 Å². The lowest BCUT2D eigenvalue weighted by molar-refractivity contribution is 0.409. The van der Waals surface area contributed by atoms with Crippen LogP contribution >= 0.6 is 24.0 Å². The number of nitrogens with one attached hydrogen (secondary N) is 2. The Balaban J connectivity index is 0.00000320. The highest BCUT2D eigenvalue weighted by Crippen LogP contribution is 2.21. The van der Waals surface area contributed by atoms with Gasteiger partial charge in [0.25, 0.3) is 0 Å². The fraction of sp³-hybridized carbons (Fsp3) is 0.304. The van der Waals surface area contributed by atoms with Gasteiger partial charge in [-0.2, -0.15) is 0 Å². The molecular weight excluding hydrogens is 491 g/mol. The van der Waals surface area contributed by atoms with Crippen molar-refractivity contribution in [3.63, 3.8) is 0 Å². The first-order chi connectivity index (χ1) is 14.1. The maximum atomic E-state index is 5.63. The molecule has 0 aliphatic rings. The van der Waals surface area contributed by atoms with Gasteiger partial charge in [0.05, 0.1) is 25.9 Å². The Hall–Kier alpha value is -2.55. The number of benzene rings is 2. The molecule has 2 aromatic carbocycles. The number of methoxy groups -OCH3 is 1. The summed E-state index contributed by atoms with van der Waals surface area (Å²) in [5.74, 6) is 2.19. The number of aryl methyl sites for hydroxylation is 2. The van der Waals surface area contributed by atoms with Crippen LogP contribution in [0.1, 0.15) is 29.3 Å². The van der Waals surface area contributed by atoms with Gasteiger partial charge in [0.15, 0.2) is 5.96 Å². The molecule has 0 unspecified atom stereocenters. The lowest BCUT2D eigenvalue weighted by atomic mass is 10.1. The molecule has 0 aliphatic heterocycles. The average Bonchev–Trinajstić information content (AvgIpc) is 3.20. The molecule has 0 fully saturated rings. The third-order valence-corrected chi connectivity index (χ3v) is 4.48. The summed E-state index contributed by atoms with van der Waals surface area (Å²) in [6.07, 6.45) is 1.68. The van der Waals surface area contributed by atoms with Gasteiger partial charge in [0.1, 0.15) is 12.0 Å². The smallest absolute Gasteiger partial charge is 0.226 e. The summed E-state index contributed by atoms with van der Waals surface area (Å²) in [5.41, 5.74) is 5.19. The Morgan fingerprint density at radius 3 is 2.50 bits per heavy atom. The Morgan fingerprint density at radius 2 is 1.80 bits per heavy atom. The van der Waals surface area contributed by atoms with Crippen molar-refractivity contribution in [3.05, 3.63) is 71.1 Å². The molecule has 1 aromatic heterocycles. The van der Waals surface area contributed by atoms with Crippen LogP contribution in [0.5, 0.6) is 5.75 Å². The van der Waals surface area contributed by atoms with E-state index in [1.807, 2.05) is 50.2 Å². The van der Waals surface area contributed by atoms with Gasteiger partial charge in [-0.15, -0.1) is 24.0 Å². The largest absolute Gasteiger partial charge is 0.496 e. The minimum atomic E-state index is 0. The monoisotopic (exact) mass is 520 g/mol. The summed E-state index contributed by atoms with van der Waals surface area (Å²) in [6, 6.07) is 14.3. The minimum absolute atomic E-state index is 0. The van der Waals surface area contributed by atoms with E-state index in [1.165, 1.54) is 5.56 Å². The second kappa shape index (κ2) is 11.6. The van der Waals surface area contributed by atoms with Gasteiger partial charge in [-0.25, -0.2) is 9.98 Å². The molecule has 0 aliphatic carbocycles. The van der Waals surface area contributed by atoms with Crippen LogP contribution in [0.3, 0.4) is 0 Å². The van der Waals surface area contributed by atoms with Gasteiger partial charge in [0.2, 0.25) is 5.89 Å². The van der Waals surface area contributed by atoms with Crippen molar-refractivity contribution in [1.29, 1.82) is 0 Å². The summed E-state index contributed by atoms with van der Waals surface area (Å²) < 4.78 is 11.1. The van der Waals surface area contributed by atoms with Crippen molar-refractivity contribution < 1.29 is 9.15 Å². The van der Waals surface area contributed by atoms with Crippen LogP contribution < -0.4 is 15.4 Å². The van der Waals surface area contributed by atoms with Crippen LogP contribution in [-0.4, -0.2) is 24.6 Å². The molecule has 0 saturated carbocycles. The van der Waals surface area contributed by atoms with E-state index < -0.39 is 0 Å². The third-order valence-electron chi connectivity index (χ3n) is 4.48. The number of hydrogen-bond acceptors (Lipinski definition) is 4. The number of ether oxygens (including phenoxy) is 1. The van der Waals surface area contributed by atoms with Gasteiger partial charge in [0, 0.05) is 17.7 Å². The molecule has 160 valence electrons. The number of aromatic nitrogens is 1. The highest BCUT2D eigenvalue weighted by molar-refractivity contribution is 14.0. The molecule has 0 atom stereocenters. The van der Waals surface area contributed by atoms with Crippen molar-refractivity contribution in [3.8, 4) is 17.2 Å². The van der Waals surface area contributed by atoms with E-state index in [0.29, 0.717) is 19.0 Å². The molecule has 3 aromatic rings. The van der Waals surface area contributed by atoms with E-state index in [9.17, 15) is 0 Å². The lowest BCUT2D eigenvalue weighted by Gasteiger charge is -2.11. The number of rotatable bonds is 7. The molecular formula is C23H29IN4O2. The van der Waals surface area contributed by atoms with Gasteiger partial charge >= 0.3 is 0 Å². The van der Waals surface area contributed by atoms with E-state index in [2.05, 4.69) is 33.6 Å². The van der Waals surface area contributed by atoms with E-state index >= 15 is 0 Å². The van der Waals surface area contributed by atoms with E-state index in [-0.39, 0.29) is 24.0 Å². The number of nitrogens with zero attached hydrogens (tertiary/aromatic N) is 2. The molecule has 3 rings (SSSR count). The van der Waals surface area contributed by atoms with Crippen molar-refractivity contribution in [2.45, 2.75) is 33.9 Å². The Kier molecular flexibility index (Phi) is 9.16. The maximum Gasteiger partial charge on any atom is 0.226 e. The summed E-state index contributed by atoms with van der Waals surface area (Å²) >= 11 is 0. The zero-order valence-corrected chi connectivity index (χ0v) is 20.2. The van der Waals surface area contributed by atoms with E-state index in [4.69, 9.17) is 9.15 Å². The van der Waals surface area contributed by atoms with Gasteiger partial charge in [-0.1, -0.05) is 29.8 Å². The molecule has 0 saturated heterocycles. The van der Waals surface area contributed by atoms with Crippen molar-refractivity contribution >= 4 is 29.9 Å². The zero-order chi connectivity index (χ0) is 20.6. The molecule has 0 radical (unpaired) electrons. The highest BCUT2D eigenvalue weighted by atomic mass is 127. The number of guanidine groups is 1. The zero-order valence-electron chi connectivity index (χ0n) is 17.9. The second-order valence-corrected chi connectivity index (χ2v) is 6.87. The normalized spacial score (nSPS) is 11.0.